The summed E-state index contributed by atoms with van der Waals surface area (Å²) < 4.78 is 4.97. The Hall–Kier alpha value is -2.13. The van der Waals surface area contributed by atoms with Crippen LogP contribution in [0.5, 0.6) is 0 Å². The molecular formula is C15H21ClN4O5. The number of piperidine rings is 1. The molecule has 0 saturated carbocycles. The fourth-order valence-corrected chi connectivity index (χ4v) is 3.24. The Bertz CT molecular complexity index is 644. The van der Waals surface area contributed by atoms with Gasteiger partial charge in [0.2, 0.25) is 5.91 Å². The Labute approximate surface area is 150 Å². The number of nitro groups is 1. The van der Waals surface area contributed by atoms with E-state index in [-0.39, 0.29) is 30.1 Å². The van der Waals surface area contributed by atoms with Gasteiger partial charge >= 0.3 is 5.88 Å². The third-order valence-electron chi connectivity index (χ3n) is 4.44. The Kier molecular flexibility index (Phi) is 6.38. The van der Waals surface area contributed by atoms with E-state index in [2.05, 4.69) is 10.6 Å². The van der Waals surface area contributed by atoms with Gasteiger partial charge in [-0.15, -0.1) is 12.4 Å². The molecule has 2 aliphatic heterocycles. The minimum Gasteiger partial charge on any atom is -0.395 e. The van der Waals surface area contributed by atoms with Crippen molar-refractivity contribution in [2.24, 2.45) is 0 Å². The number of hydrogen-bond acceptors (Lipinski definition) is 6. The summed E-state index contributed by atoms with van der Waals surface area (Å²) in [5, 5.41) is 16.9. The molecule has 0 aliphatic carbocycles. The van der Waals surface area contributed by atoms with Gasteiger partial charge in [-0.1, -0.05) is 0 Å². The molecule has 0 radical (unpaired) electrons. The molecule has 2 fully saturated rings. The van der Waals surface area contributed by atoms with Crippen molar-refractivity contribution >= 4 is 30.1 Å². The molecule has 0 aromatic carbocycles. The first-order valence-electron chi connectivity index (χ1n) is 8.12. The highest BCUT2D eigenvalue weighted by Gasteiger charge is 2.37. The predicted octanol–water partition coefficient (Wildman–Crippen LogP) is 1.08. The van der Waals surface area contributed by atoms with E-state index >= 15 is 0 Å². The lowest BCUT2D eigenvalue weighted by atomic mass is 10.1. The van der Waals surface area contributed by atoms with Crippen LogP contribution >= 0.6 is 12.4 Å². The maximum atomic E-state index is 12.5. The van der Waals surface area contributed by atoms with Gasteiger partial charge in [0.15, 0.2) is 5.76 Å². The zero-order valence-corrected chi connectivity index (χ0v) is 14.4. The maximum Gasteiger partial charge on any atom is 0.433 e. The van der Waals surface area contributed by atoms with E-state index in [1.165, 1.54) is 11.0 Å². The highest BCUT2D eigenvalue weighted by molar-refractivity contribution is 5.96. The van der Waals surface area contributed by atoms with Crippen molar-refractivity contribution in [2.75, 3.05) is 19.6 Å². The average molecular weight is 373 g/mol. The normalized spacial score (nSPS) is 23.0. The second kappa shape index (κ2) is 8.30. The number of amides is 2. The van der Waals surface area contributed by atoms with Crippen LogP contribution < -0.4 is 10.6 Å². The third kappa shape index (κ3) is 4.29. The highest BCUT2D eigenvalue weighted by Crippen LogP contribution is 2.23. The molecule has 0 bridgehead atoms. The molecule has 2 amide bonds. The quantitative estimate of drug-likeness (QED) is 0.603. The summed E-state index contributed by atoms with van der Waals surface area (Å²) in [6.07, 6.45) is 3.23. The number of halogens is 1. The summed E-state index contributed by atoms with van der Waals surface area (Å²) in [6.45, 7) is 2.13. The van der Waals surface area contributed by atoms with Crippen LogP contribution in [0, 0.1) is 10.1 Å². The standard InChI is InChI=1S/C15H20N4O5.ClH/c20-14(17-10-3-1-7-16-9-10)11-4-2-8-18(11)15(21)12-5-6-13(24-12)19(22)23;/h5-6,10-11,16H,1-4,7-9H2,(H,17,20);1H/t10-,11?;/m0./s1. The van der Waals surface area contributed by atoms with Crippen LogP contribution in [0.4, 0.5) is 5.88 Å². The molecule has 2 aliphatic rings. The van der Waals surface area contributed by atoms with Crippen molar-refractivity contribution in [1.29, 1.82) is 0 Å². The van der Waals surface area contributed by atoms with Crippen LogP contribution in [0.1, 0.15) is 36.2 Å². The van der Waals surface area contributed by atoms with Crippen molar-refractivity contribution < 1.29 is 18.9 Å². The van der Waals surface area contributed by atoms with Gasteiger partial charge in [0.25, 0.3) is 5.91 Å². The van der Waals surface area contributed by atoms with Crippen LogP contribution in [0.25, 0.3) is 0 Å². The molecule has 1 aromatic heterocycles. The molecule has 3 rings (SSSR count). The average Bonchev–Trinajstić information content (AvgIpc) is 3.25. The highest BCUT2D eigenvalue weighted by atomic mass is 35.5. The molecule has 138 valence electrons. The molecule has 2 saturated heterocycles. The molecular weight excluding hydrogens is 352 g/mol. The summed E-state index contributed by atoms with van der Waals surface area (Å²) in [7, 11) is 0. The van der Waals surface area contributed by atoms with Crippen LogP contribution in [0.2, 0.25) is 0 Å². The third-order valence-corrected chi connectivity index (χ3v) is 4.44. The second-order valence-electron chi connectivity index (χ2n) is 6.10. The SMILES string of the molecule is Cl.O=C(N[C@H]1CCCNC1)C1CCCN1C(=O)c1ccc([N+](=O)[O-])o1. The molecule has 9 nitrogen and oxygen atoms in total. The van der Waals surface area contributed by atoms with Crippen molar-refractivity contribution in [3.8, 4) is 0 Å². The predicted molar refractivity (Wildman–Crippen MR) is 90.7 cm³/mol. The lowest BCUT2D eigenvalue weighted by Crippen LogP contribution is -2.52. The number of carbonyl (C=O) groups is 2. The second-order valence-corrected chi connectivity index (χ2v) is 6.10. The van der Waals surface area contributed by atoms with E-state index in [0.29, 0.717) is 13.0 Å². The Morgan fingerprint density at radius 2 is 2.12 bits per heavy atom. The van der Waals surface area contributed by atoms with E-state index < -0.39 is 22.8 Å². The first-order chi connectivity index (χ1) is 11.6. The smallest absolute Gasteiger partial charge is 0.395 e. The molecule has 2 atom stereocenters. The van der Waals surface area contributed by atoms with Gasteiger partial charge in [-0.2, -0.15) is 0 Å². The first-order valence-corrected chi connectivity index (χ1v) is 8.12. The number of nitrogens with one attached hydrogen (secondary N) is 2. The molecule has 3 heterocycles. The summed E-state index contributed by atoms with van der Waals surface area (Å²) in [5.41, 5.74) is 0. The van der Waals surface area contributed by atoms with Gasteiger partial charge < -0.3 is 20.0 Å². The lowest BCUT2D eigenvalue weighted by molar-refractivity contribution is -0.402. The van der Waals surface area contributed by atoms with Gasteiger partial charge in [0.05, 0.1) is 6.07 Å². The summed E-state index contributed by atoms with van der Waals surface area (Å²) in [5.74, 6) is -1.24. The van der Waals surface area contributed by atoms with Gasteiger partial charge in [0, 0.05) is 19.1 Å². The molecule has 1 aromatic rings. The van der Waals surface area contributed by atoms with E-state index in [0.717, 1.165) is 38.4 Å². The lowest BCUT2D eigenvalue weighted by Gasteiger charge is -2.28. The van der Waals surface area contributed by atoms with Crippen LogP contribution in [-0.2, 0) is 4.79 Å². The molecule has 0 spiro atoms. The monoisotopic (exact) mass is 372 g/mol. The van der Waals surface area contributed by atoms with E-state index in [1.54, 1.807) is 0 Å². The van der Waals surface area contributed by atoms with E-state index in [1.807, 2.05) is 0 Å². The largest absolute Gasteiger partial charge is 0.433 e. The number of carbonyl (C=O) groups excluding carboxylic acids is 2. The molecule has 10 heteroatoms. The minimum absolute atomic E-state index is 0. The zero-order valence-electron chi connectivity index (χ0n) is 13.6. The van der Waals surface area contributed by atoms with Crippen LogP contribution in [0.15, 0.2) is 16.5 Å². The van der Waals surface area contributed by atoms with Gasteiger partial charge in [-0.25, -0.2) is 0 Å². The van der Waals surface area contributed by atoms with Gasteiger partial charge in [-0.05, 0) is 38.3 Å². The first kappa shape index (κ1) is 19.2. The van der Waals surface area contributed by atoms with Crippen molar-refractivity contribution in [2.45, 2.75) is 37.8 Å². The number of furan rings is 1. The Balaban J connectivity index is 0.00000225. The van der Waals surface area contributed by atoms with Crippen molar-refractivity contribution in [3.63, 3.8) is 0 Å². The van der Waals surface area contributed by atoms with E-state index in [9.17, 15) is 19.7 Å². The molecule has 2 N–H and O–H groups in total. The van der Waals surface area contributed by atoms with Crippen LogP contribution in [-0.4, -0.2) is 53.4 Å². The summed E-state index contributed by atoms with van der Waals surface area (Å²) in [6, 6.07) is 1.95. The van der Waals surface area contributed by atoms with Crippen LogP contribution in [0.3, 0.4) is 0 Å². The Morgan fingerprint density at radius 3 is 2.76 bits per heavy atom. The number of rotatable bonds is 4. The topological polar surface area (TPSA) is 118 Å². The fraction of sp³-hybridized carbons (Fsp3) is 0.600. The van der Waals surface area contributed by atoms with Crippen molar-refractivity contribution in [3.05, 3.63) is 28.0 Å². The minimum atomic E-state index is -0.693. The number of hydrogen-bond donors (Lipinski definition) is 2. The van der Waals surface area contributed by atoms with Gasteiger partial charge in [-0.3, -0.25) is 19.7 Å². The maximum absolute atomic E-state index is 12.5. The zero-order chi connectivity index (χ0) is 17.1. The van der Waals surface area contributed by atoms with Crippen molar-refractivity contribution in [1.82, 2.24) is 15.5 Å². The molecule has 1 unspecified atom stereocenters. The fourth-order valence-electron chi connectivity index (χ4n) is 3.24. The molecule has 25 heavy (non-hydrogen) atoms. The Morgan fingerprint density at radius 1 is 1.32 bits per heavy atom. The number of nitrogens with zero attached hydrogens (tertiary/aromatic N) is 2. The summed E-state index contributed by atoms with van der Waals surface area (Å²) in [4.78, 5) is 36.4. The van der Waals surface area contributed by atoms with Gasteiger partial charge in [0.1, 0.15) is 11.0 Å². The van der Waals surface area contributed by atoms with E-state index in [4.69, 9.17) is 4.42 Å². The number of likely N-dealkylation sites (tertiary alicyclic amines) is 1. The summed E-state index contributed by atoms with van der Waals surface area (Å²) >= 11 is 0.